The first-order valence-electron chi connectivity index (χ1n) is 9.56. The number of ether oxygens (including phenoxy) is 1. The Morgan fingerprint density at radius 1 is 1.07 bits per heavy atom. The molecule has 5 rings (SSSR count). The van der Waals surface area contributed by atoms with Crippen LogP contribution in [-0.4, -0.2) is 37.2 Å². The zero-order valence-corrected chi connectivity index (χ0v) is 16.7. The van der Waals surface area contributed by atoms with Gasteiger partial charge in [0.15, 0.2) is 10.9 Å². The molecule has 0 saturated carbocycles. The summed E-state index contributed by atoms with van der Waals surface area (Å²) in [4.78, 5) is 19.5. The number of thiazole rings is 1. The summed E-state index contributed by atoms with van der Waals surface area (Å²) in [5.74, 6) is 0.0279. The van der Waals surface area contributed by atoms with Crippen molar-refractivity contribution in [1.29, 1.82) is 0 Å². The molecular weight excluding hydrogens is 405 g/mol. The molecular formula is C22H18FN3O3S. The van der Waals surface area contributed by atoms with Crippen molar-refractivity contribution in [3.8, 4) is 11.3 Å². The van der Waals surface area contributed by atoms with Crippen LogP contribution in [0.25, 0.3) is 21.5 Å². The highest BCUT2D eigenvalue weighted by Crippen LogP contribution is 2.31. The molecule has 2 aromatic carbocycles. The van der Waals surface area contributed by atoms with Gasteiger partial charge < -0.3 is 19.4 Å². The van der Waals surface area contributed by atoms with Gasteiger partial charge in [0.2, 0.25) is 0 Å². The number of carbonyl (C=O) groups is 1. The minimum absolute atomic E-state index is 0.188. The van der Waals surface area contributed by atoms with Crippen molar-refractivity contribution >= 4 is 38.3 Å². The Bertz CT molecular complexity index is 1200. The molecule has 1 aliphatic heterocycles. The molecule has 1 fully saturated rings. The summed E-state index contributed by atoms with van der Waals surface area (Å²) in [6.07, 6.45) is 0. The van der Waals surface area contributed by atoms with E-state index in [-0.39, 0.29) is 17.5 Å². The Morgan fingerprint density at radius 3 is 2.67 bits per heavy atom. The van der Waals surface area contributed by atoms with Gasteiger partial charge in [-0.25, -0.2) is 9.37 Å². The molecule has 30 heavy (non-hydrogen) atoms. The van der Waals surface area contributed by atoms with Gasteiger partial charge in [-0.2, -0.15) is 0 Å². The highest BCUT2D eigenvalue weighted by Gasteiger charge is 2.17. The van der Waals surface area contributed by atoms with E-state index < -0.39 is 0 Å². The first-order valence-corrected chi connectivity index (χ1v) is 10.4. The van der Waals surface area contributed by atoms with E-state index in [9.17, 15) is 9.18 Å². The number of benzene rings is 2. The molecule has 1 amide bonds. The van der Waals surface area contributed by atoms with Crippen molar-refractivity contribution in [2.24, 2.45) is 0 Å². The molecule has 0 aliphatic carbocycles. The van der Waals surface area contributed by atoms with Gasteiger partial charge in [0.25, 0.3) is 5.91 Å². The maximum absolute atomic E-state index is 13.1. The quantitative estimate of drug-likeness (QED) is 0.511. The summed E-state index contributed by atoms with van der Waals surface area (Å²) < 4.78 is 25.1. The number of aromatic nitrogens is 1. The third kappa shape index (κ3) is 3.79. The van der Waals surface area contributed by atoms with Crippen LogP contribution in [0.3, 0.4) is 0 Å². The van der Waals surface area contributed by atoms with Gasteiger partial charge in [0, 0.05) is 24.3 Å². The second kappa shape index (κ2) is 7.89. The molecule has 0 atom stereocenters. The van der Waals surface area contributed by atoms with Gasteiger partial charge in [-0.1, -0.05) is 11.3 Å². The molecule has 0 bridgehead atoms. The number of hydrogen-bond donors (Lipinski definition) is 1. The van der Waals surface area contributed by atoms with Gasteiger partial charge in [-0.3, -0.25) is 4.79 Å². The van der Waals surface area contributed by atoms with Gasteiger partial charge in [-0.05, 0) is 54.6 Å². The molecule has 1 aliphatic rings. The van der Waals surface area contributed by atoms with Crippen molar-refractivity contribution in [2.45, 2.75) is 0 Å². The lowest BCUT2D eigenvalue weighted by atomic mass is 10.2. The monoisotopic (exact) mass is 423 g/mol. The number of amides is 1. The summed E-state index contributed by atoms with van der Waals surface area (Å²) in [5.41, 5.74) is 2.28. The molecule has 6 nitrogen and oxygen atoms in total. The lowest BCUT2D eigenvalue weighted by Crippen LogP contribution is -2.36. The average molecular weight is 423 g/mol. The van der Waals surface area contributed by atoms with Crippen LogP contribution in [0.4, 0.5) is 15.2 Å². The van der Waals surface area contributed by atoms with Crippen molar-refractivity contribution in [1.82, 2.24) is 4.98 Å². The van der Waals surface area contributed by atoms with Crippen LogP contribution in [0.5, 0.6) is 0 Å². The first-order chi connectivity index (χ1) is 14.7. The Morgan fingerprint density at radius 2 is 1.87 bits per heavy atom. The van der Waals surface area contributed by atoms with Crippen LogP contribution in [0.2, 0.25) is 0 Å². The maximum atomic E-state index is 13.1. The molecule has 3 heterocycles. The Kier molecular flexibility index (Phi) is 4.94. The SMILES string of the molecule is O=C(Nc1ccc2nc(N3CCOCC3)sc2c1)c1ccc(-c2ccc(F)cc2)o1. The minimum Gasteiger partial charge on any atom is -0.451 e. The lowest BCUT2D eigenvalue weighted by molar-refractivity contribution is 0.0997. The fourth-order valence-corrected chi connectivity index (χ4v) is 4.36. The van der Waals surface area contributed by atoms with Gasteiger partial charge in [0.1, 0.15) is 11.6 Å². The van der Waals surface area contributed by atoms with Crippen molar-refractivity contribution < 1.29 is 18.3 Å². The normalized spacial score (nSPS) is 14.2. The third-order valence-electron chi connectivity index (χ3n) is 4.88. The lowest BCUT2D eigenvalue weighted by Gasteiger charge is -2.25. The summed E-state index contributed by atoms with van der Waals surface area (Å²) in [7, 11) is 0. The molecule has 0 unspecified atom stereocenters. The highest BCUT2D eigenvalue weighted by molar-refractivity contribution is 7.22. The number of morpholine rings is 1. The van der Waals surface area contributed by atoms with Gasteiger partial charge in [0.05, 0.1) is 23.4 Å². The molecule has 1 N–H and O–H groups in total. The standard InChI is InChI=1S/C22H18FN3O3S/c23-15-3-1-14(2-4-15)18-7-8-19(29-18)21(27)24-16-5-6-17-20(13-16)30-22(25-17)26-9-11-28-12-10-26/h1-8,13H,9-12H2,(H,24,27). The Balaban J connectivity index is 1.32. The van der Waals surface area contributed by atoms with Gasteiger partial charge in [-0.15, -0.1) is 0 Å². The van der Waals surface area contributed by atoms with E-state index in [2.05, 4.69) is 15.2 Å². The molecule has 0 radical (unpaired) electrons. The van der Waals surface area contributed by atoms with Crippen LogP contribution in [-0.2, 0) is 4.74 Å². The number of nitrogens with zero attached hydrogens (tertiary/aromatic N) is 2. The van der Waals surface area contributed by atoms with Crippen LogP contribution in [0, 0.1) is 5.82 Å². The first kappa shape index (κ1) is 18.8. The number of hydrogen-bond acceptors (Lipinski definition) is 6. The van der Waals surface area contributed by atoms with Crippen molar-refractivity contribution in [2.75, 3.05) is 36.5 Å². The number of fused-ring (bicyclic) bond motifs is 1. The average Bonchev–Trinajstić information content (AvgIpc) is 3.42. The van der Waals surface area contributed by atoms with E-state index in [1.807, 2.05) is 18.2 Å². The van der Waals surface area contributed by atoms with Crippen LogP contribution in [0.1, 0.15) is 10.6 Å². The summed E-state index contributed by atoms with van der Waals surface area (Å²) in [6.45, 7) is 3.08. The Labute approximate surface area is 175 Å². The number of halogens is 1. The van der Waals surface area contributed by atoms with Crippen molar-refractivity contribution in [3.05, 3.63) is 66.2 Å². The number of carbonyl (C=O) groups excluding carboxylic acids is 1. The van der Waals surface area contributed by atoms with Crippen LogP contribution < -0.4 is 10.2 Å². The van der Waals surface area contributed by atoms with E-state index >= 15 is 0 Å². The minimum atomic E-state index is -0.347. The predicted molar refractivity (Wildman–Crippen MR) is 115 cm³/mol. The number of nitrogens with one attached hydrogen (secondary N) is 1. The fraction of sp³-hybridized carbons (Fsp3) is 0.182. The van der Waals surface area contributed by atoms with E-state index in [0.717, 1.165) is 28.4 Å². The maximum Gasteiger partial charge on any atom is 0.291 e. The summed E-state index contributed by atoms with van der Waals surface area (Å²) in [5, 5.41) is 3.83. The highest BCUT2D eigenvalue weighted by atomic mass is 32.1. The van der Waals surface area contributed by atoms with Crippen LogP contribution >= 0.6 is 11.3 Å². The largest absolute Gasteiger partial charge is 0.451 e. The smallest absolute Gasteiger partial charge is 0.291 e. The third-order valence-corrected chi connectivity index (χ3v) is 5.95. The summed E-state index contributed by atoms with van der Waals surface area (Å²) >= 11 is 1.60. The van der Waals surface area contributed by atoms with Crippen molar-refractivity contribution in [3.63, 3.8) is 0 Å². The van der Waals surface area contributed by atoms with E-state index in [1.165, 1.54) is 12.1 Å². The fourth-order valence-electron chi connectivity index (χ4n) is 3.30. The second-order valence-electron chi connectivity index (χ2n) is 6.90. The van der Waals surface area contributed by atoms with E-state index in [1.54, 1.807) is 35.6 Å². The molecule has 4 aromatic rings. The Hall–Kier alpha value is -3.23. The zero-order chi connectivity index (χ0) is 20.5. The van der Waals surface area contributed by atoms with E-state index in [0.29, 0.717) is 30.2 Å². The van der Waals surface area contributed by atoms with Gasteiger partial charge >= 0.3 is 0 Å². The number of rotatable bonds is 4. The zero-order valence-electron chi connectivity index (χ0n) is 15.9. The second-order valence-corrected chi connectivity index (χ2v) is 7.91. The van der Waals surface area contributed by atoms with Crippen LogP contribution in [0.15, 0.2) is 59.0 Å². The van der Waals surface area contributed by atoms with E-state index in [4.69, 9.17) is 9.15 Å². The predicted octanol–water partition coefficient (Wildman–Crippen LogP) is 4.78. The molecule has 152 valence electrons. The topological polar surface area (TPSA) is 67.6 Å². The number of anilines is 2. The molecule has 8 heteroatoms. The molecule has 0 spiro atoms. The number of furan rings is 1. The molecule has 2 aromatic heterocycles. The summed E-state index contributed by atoms with van der Waals surface area (Å²) in [6, 6.07) is 14.9. The molecule has 1 saturated heterocycles.